The van der Waals surface area contributed by atoms with Crippen LogP contribution in [0.25, 0.3) is 0 Å². The lowest BCUT2D eigenvalue weighted by Gasteiger charge is -2.13. The second kappa shape index (κ2) is 7.82. The maximum atomic E-state index is 12.0. The molecule has 0 bridgehead atoms. The highest BCUT2D eigenvalue weighted by Crippen LogP contribution is 2.36. The zero-order valence-electron chi connectivity index (χ0n) is 11.6. The highest BCUT2D eigenvalue weighted by molar-refractivity contribution is 8.39. The third-order valence-electron chi connectivity index (χ3n) is 2.63. The molecule has 0 spiro atoms. The number of amides is 1. The van der Waals surface area contributed by atoms with E-state index in [9.17, 15) is 4.79 Å². The van der Waals surface area contributed by atoms with Gasteiger partial charge in [0.1, 0.15) is 15.9 Å². The van der Waals surface area contributed by atoms with Crippen molar-refractivity contribution in [3.63, 3.8) is 0 Å². The molecule has 21 heavy (non-hydrogen) atoms. The molecule has 0 saturated carbocycles. The highest BCUT2D eigenvalue weighted by Gasteiger charge is 2.14. The Morgan fingerprint density at radius 2 is 2.19 bits per heavy atom. The van der Waals surface area contributed by atoms with Crippen LogP contribution in [0.2, 0.25) is 5.02 Å². The first-order valence-corrected chi connectivity index (χ1v) is 8.50. The summed E-state index contributed by atoms with van der Waals surface area (Å²) in [5, 5.41) is 3.20. The largest absolute Gasteiger partial charge is 0.495 e. The van der Waals surface area contributed by atoms with Gasteiger partial charge >= 0.3 is 0 Å². The van der Waals surface area contributed by atoms with Crippen LogP contribution in [0.1, 0.15) is 0 Å². The Bertz CT molecular complexity index is 567. The van der Waals surface area contributed by atoms with Crippen molar-refractivity contribution >= 4 is 51.1 Å². The van der Waals surface area contributed by atoms with Crippen LogP contribution in [0.3, 0.4) is 0 Å². The molecule has 0 atom stereocenters. The first-order valence-electron chi connectivity index (χ1n) is 6.15. The molecule has 1 amide bonds. The van der Waals surface area contributed by atoms with E-state index >= 15 is 0 Å². The van der Waals surface area contributed by atoms with Gasteiger partial charge in [0.15, 0.2) is 0 Å². The number of anilines is 1. The number of carbonyl (C=O) groups excluding carboxylic acids is 1. The predicted octanol–water partition coefficient (Wildman–Crippen LogP) is 3.13. The number of aliphatic imine (C=N–C) groups is 1. The standard InChI is InChI=1S/C13H15ClN2O3S2/c1-18-10-6-11(19-2)9(5-8(10)14)16-12(17)7-21-13-15-3-4-20-13/h5-6H,3-4,7H2,1-2H3,(H,16,17). The highest BCUT2D eigenvalue weighted by atomic mass is 35.5. The molecule has 0 aromatic heterocycles. The lowest BCUT2D eigenvalue weighted by atomic mass is 10.2. The molecule has 8 heteroatoms. The zero-order chi connectivity index (χ0) is 15.2. The molecule has 5 nitrogen and oxygen atoms in total. The van der Waals surface area contributed by atoms with Crippen molar-refractivity contribution in [2.75, 3.05) is 37.6 Å². The summed E-state index contributed by atoms with van der Waals surface area (Å²) in [6.07, 6.45) is 0. The molecule has 2 rings (SSSR count). The number of nitrogens with zero attached hydrogens (tertiary/aromatic N) is 1. The molecule has 1 aliphatic rings. The predicted molar refractivity (Wildman–Crippen MR) is 90.4 cm³/mol. The van der Waals surface area contributed by atoms with Crippen molar-refractivity contribution in [1.82, 2.24) is 0 Å². The van der Waals surface area contributed by atoms with Crippen LogP contribution in [-0.2, 0) is 4.79 Å². The number of nitrogens with one attached hydrogen (secondary N) is 1. The summed E-state index contributed by atoms with van der Waals surface area (Å²) in [5.41, 5.74) is 0.523. The van der Waals surface area contributed by atoms with Gasteiger partial charge in [-0.25, -0.2) is 0 Å². The molecular weight excluding hydrogens is 332 g/mol. The summed E-state index contributed by atoms with van der Waals surface area (Å²) in [4.78, 5) is 16.3. The van der Waals surface area contributed by atoms with Crippen LogP contribution in [-0.4, -0.2) is 42.6 Å². The van der Waals surface area contributed by atoms with Gasteiger partial charge in [0.25, 0.3) is 0 Å². The average Bonchev–Trinajstić information content (AvgIpc) is 2.99. The monoisotopic (exact) mass is 346 g/mol. The first kappa shape index (κ1) is 16.3. The van der Waals surface area contributed by atoms with E-state index in [0.29, 0.717) is 28.0 Å². The molecule has 1 aliphatic heterocycles. The van der Waals surface area contributed by atoms with Gasteiger partial charge in [-0.15, -0.1) is 0 Å². The molecule has 1 N–H and O–H groups in total. The van der Waals surface area contributed by atoms with E-state index in [-0.39, 0.29) is 5.91 Å². The summed E-state index contributed by atoms with van der Waals surface area (Å²) in [7, 11) is 3.05. The summed E-state index contributed by atoms with van der Waals surface area (Å²) in [5.74, 6) is 2.17. The van der Waals surface area contributed by atoms with Gasteiger partial charge in [-0.3, -0.25) is 9.79 Å². The molecule has 0 unspecified atom stereocenters. The molecular formula is C13H15ClN2O3S2. The number of hydrogen-bond acceptors (Lipinski definition) is 6. The molecule has 0 fully saturated rings. The van der Waals surface area contributed by atoms with E-state index in [2.05, 4.69) is 10.3 Å². The number of thioether (sulfide) groups is 2. The Morgan fingerprint density at radius 3 is 2.81 bits per heavy atom. The summed E-state index contributed by atoms with van der Waals surface area (Å²) in [6, 6.07) is 3.26. The average molecular weight is 347 g/mol. The first-order chi connectivity index (χ1) is 10.1. The molecule has 0 radical (unpaired) electrons. The van der Waals surface area contributed by atoms with Crippen LogP contribution in [0.15, 0.2) is 17.1 Å². The zero-order valence-corrected chi connectivity index (χ0v) is 14.0. The molecule has 1 aromatic rings. The molecule has 1 aromatic carbocycles. The van der Waals surface area contributed by atoms with Gasteiger partial charge < -0.3 is 14.8 Å². The molecule has 0 saturated heterocycles. The van der Waals surface area contributed by atoms with Gasteiger partial charge in [0.05, 0.1) is 37.2 Å². The fourth-order valence-electron chi connectivity index (χ4n) is 1.67. The third-order valence-corrected chi connectivity index (χ3v) is 5.18. The number of rotatable bonds is 5. The van der Waals surface area contributed by atoms with Gasteiger partial charge in [-0.05, 0) is 6.07 Å². The number of ether oxygens (including phenoxy) is 2. The fourth-order valence-corrected chi connectivity index (χ4v) is 3.72. The number of hydrogen-bond donors (Lipinski definition) is 1. The Hall–Kier alpha value is -1.05. The Kier molecular flexibility index (Phi) is 6.08. The summed E-state index contributed by atoms with van der Waals surface area (Å²) < 4.78 is 11.3. The van der Waals surface area contributed by atoms with Crippen molar-refractivity contribution in [3.05, 3.63) is 17.2 Å². The molecule has 114 valence electrons. The second-order valence-electron chi connectivity index (χ2n) is 4.02. The minimum atomic E-state index is -0.130. The maximum absolute atomic E-state index is 12.0. The van der Waals surface area contributed by atoms with Crippen LogP contribution >= 0.6 is 35.1 Å². The maximum Gasteiger partial charge on any atom is 0.234 e. The van der Waals surface area contributed by atoms with Crippen LogP contribution in [0, 0.1) is 0 Å². The molecule has 0 aliphatic carbocycles. The molecule has 1 heterocycles. The van der Waals surface area contributed by atoms with Crippen molar-refractivity contribution in [2.24, 2.45) is 4.99 Å². The lowest BCUT2D eigenvalue weighted by molar-refractivity contribution is -0.113. The van der Waals surface area contributed by atoms with Gasteiger partial charge in [-0.1, -0.05) is 35.1 Å². The van der Waals surface area contributed by atoms with E-state index in [0.717, 1.165) is 16.7 Å². The van der Waals surface area contributed by atoms with Crippen molar-refractivity contribution < 1.29 is 14.3 Å². The van der Waals surface area contributed by atoms with Crippen LogP contribution in [0.5, 0.6) is 11.5 Å². The Labute approximate surface area is 136 Å². The number of halogens is 1. The minimum absolute atomic E-state index is 0.130. The van der Waals surface area contributed by atoms with E-state index in [1.165, 1.54) is 26.0 Å². The van der Waals surface area contributed by atoms with E-state index in [1.807, 2.05) is 0 Å². The van der Waals surface area contributed by atoms with Gasteiger partial charge in [0.2, 0.25) is 5.91 Å². The summed E-state index contributed by atoms with van der Waals surface area (Å²) >= 11 is 9.18. The quantitative estimate of drug-likeness (QED) is 0.887. The van der Waals surface area contributed by atoms with Crippen molar-refractivity contribution in [2.45, 2.75) is 0 Å². The van der Waals surface area contributed by atoms with E-state index < -0.39 is 0 Å². The topological polar surface area (TPSA) is 59.9 Å². The number of benzene rings is 1. The number of carbonyl (C=O) groups is 1. The smallest absolute Gasteiger partial charge is 0.234 e. The normalized spacial score (nSPS) is 13.8. The van der Waals surface area contributed by atoms with Gasteiger partial charge in [0, 0.05) is 11.8 Å². The lowest BCUT2D eigenvalue weighted by Crippen LogP contribution is -2.15. The Balaban J connectivity index is 2.00. The van der Waals surface area contributed by atoms with Crippen LogP contribution < -0.4 is 14.8 Å². The van der Waals surface area contributed by atoms with E-state index in [1.54, 1.807) is 23.9 Å². The SMILES string of the molecule is COc1cc(OC)c(NC(=O)CSC2=NCCS2)cc1Cl. The second-order valence-corrected chi connectivity index (χ2v) is 6.73. The number of methoxy groups -OCH3 is 2. The Morgan fingerprint density at radius 1 is 1.43 bits per heavy atom. The van der Waals surface area contributed by atoms with Crippen molar-refractivity contribution in [3.8, 4) is 11.5 Å². The van der Waals surface area contributed by atoms with Crippen molar-refractivity contribution in [1.29, 1.82) is 0 Å². The van der Waals surface area contributed by atoms with E-state index in [4.69, 9.17) is 21.1 Å². The minimum Gasteiger partial charge on any atom is -0.495 e. The van der Waals surface area contributed by atoms with Gasteiger partial charge in [-0.2, -0.15) is 0 Å². The fraction of sp³-hybridized carbons (Fsp3) is 0.385. The third kappa shape index (κ3) is 4.46. The van der Waals surface area contributed by atoms with Crippen LogP contribution in [0.4, 0.5) is 5.69 Å². The summed E-state index contributed by atoms with van der Waals surface area (Å²) in [6.45, 7) is 0.830.